The van der Waals surface area contributed by atoms with Crippen molar-refractivity contribution in [3.63, 3.8) is 0 Å². The van der Waals surface area contributed by atoms with Gasteiger partial charge in [0, 0.05) is 17.6 Å². The van der Waals surface area contributed by atoms with Gasteiger partial charge in [0.15, 0.2) is 6.61 Å². The van der Waals surface area contributed by atoms with Crippen molar-refractivity contribution in [3.8, 4) is 11.9 Å². The van der Waals surface area contributed by atoms with Crippen LogP contribution in [0, 0.1) is 32.1 Å². The molecular weight excluding hydrogens is 337 g/mol. The predicted octanol–water partition coefficient (Wildman–Crippen LogP) is 3.79. The van der Waals surface area contributed by atoms with E-state index in [0.717, 1.165) is 5.56 Å². The lowest BCUT2D eigenvalue weighted by molar-refractivity contribution is 0.103. The van der Waals surface area contributed by atoms with E-state index < -0.39 is 0 Å². The zero-order valence-electron chi connectivity index (χ0n) is 13.2. The number of hydrogen-bond donors (Lipinski definition) is 0. The van der Waals surface area contributed by atoms with Crippen molar-refractivity contribution >= 4 is 29.0 Å². The van der Waals surface area contributed by atoms with Crippen molar-refractivity contribution in [2.75, 3.05) is 6.61 Å². The van der Waals surface area contributed by atoms with Crippen LogP contribution >= 0.6 is 23.2 Å². The summed E-state index contributed by atoms with van der Waals surface area (Å²) in [6.45, 7) is 5.10. The minimum absolute atomic E-state index is 0.175. The van der Waals surface area contributed by atoms with Crippen LogP contribution in [0.5, 0.6) is 5.88 Å². The summed E-state index contributed by atoms with van der Waals surface area (Å²) in [6.07, 6.45) is 0. The Balaban J connectivity index is 2.61. The van der Waals surface area contributed by atoms with Crippen LogP contribution in [0.3, 0.4) is 0 Å². The highest BCUT2D eigenvalue weighted by Crippen LogP contribution is 2.34. The van der Waals surface area contributed by atoms with Gasteiger partial charge in [0.05, 0.1) is 10.7 Å². The number of nitrogens with zero attached hydrogens (tertiary/aromatic N) is 3. The Morgan fingerprint density at radius 2 is 2.00 bits per heavy atom. The smallest absolute Gasteiger partial charge is 0.224 e. The van der Waals surface area contributed by atoms with Gasteiger partial charge < -0.3 is 4.74 Å². The molecule has 5 nitrogen and oxygen atoms in total. The second-order valence-corrected chi connectivity index (χ2v) is 5.92. The van der Waals surface area contributed by atoms with E-state index >= 15 is 0 Å². The third-order valence-electron chi connectivity index (χ3n) is 3.52. The first-order valence-corrected chi connectivity index (χ1v) is 7.58. The number of hydrogen-bond acceptors (Lipinski definition) is 4. The molecule has 0 N–H and O–H groups in total. The fourth-order valence-corrected chi connectivity index (χ4v) is 2.83. The van der Waals surface area contributed by atoms with Crippen LogP contribution in [0.15, 0.2) is 6.07 Å². The van der Waals surface area contributed by atoms with Crippen molar-refractivity contribution in [1.29, 1.82) is 5.26 Å². The molecule has 0 aliphatic carbocycles. The Hall–Kier alpha value is -2.03. The van der Waals surface area contributed by atoms with Crippen molar-refractivity contribution in [1.82, 2.24) is 9.78 Å². The first-order chi connectivity index (χ1) is 10.8. The molecule has 0 atom stereocenters. The molecule has 0 aliphatic rings. The molecule has 0 aliphatic heterocycles. The summed E-state index contributed by atoms with van der Waals surface area (Å²) < 4.78 is 6.79. The Kier molecular flexibility index (Phi) is 4.98. The van der Waals surface area contributed by atoms with Crippen LogP contribution in [0.2, 0.25) is 10.0 Å². The van der Waals surface area contributed by atoms with E-state index in [0.29, 0.717) is 32.4 Å². The van der Waals surface area contributed by atoms with Gasteiger partial charge in [0.2, 0.25) is 11.7 Å². The van der Waals surface area contributed by atoms with Crippen LogP contribution in [0.4, 0.5) is 0 Å². The lowest BCUT2D eigenvalue weighted by atomic mass is 9.99. The molecule has 1 aromatic heterocycles. The fourth-order valence-electron chi connectivity index (χ4n) is 2.40. The molecule has 0 spiro atoms. The molecule has 1 heterocycles. The number of nitriles is 1. The maximum Gasteiger partial charge on any atom is 0.224 e. The van der Waals surface area contributed by atoms with Crippen molar-refractivity contribution < 1.29 is 9.53 Å². The second-order valence-electron chi connectivity index (χ2n) is 5.16. The largest absolute Gasteiger partial charge is 0.462 e. The summed E-state index contributed by atoms with van der Waals surface area (Å²) >= 11 is 12.5. The molecule has 0 saturated heterocycles. The van der Waals surface area contributed by atoms with E-state index in [9.17, 15) is 4.79 Å². The van der Waals surface area contributed by atoms with E-state index in [1.54, 1.807) is 27.0 Å². The molecule has 120 valence electrons. The summed E-state index contributed by atoms with van der Waals surface area (Å²) in [4.78, 5) is 13.0. The van der Waals surface area contributed by atoms with E-state index in [-0.39, 0.29) is 18.3 Å². The van der Waals surface area contributed by atoms with Crippen molar-refractivity contribution in [2.45, 2.75) is 20.8 Å². The summed E-state index contributed by atoms with van der Waals surface area (Å²) in [5.74, 6) is -0.0632. The van der Waals surface area contributed by atoms with Gasteiger partial charge in [-0.15, -0.1) is 0 Å². The molecule has 1 aromatic carbocycles. The van der Waals surface area contributed by atoms with Gasteiger partial charge in [0.1, 0.15) is 11.6 Å². The highest BCUT2D eigenvalue weighted by molar-refractivity contribution is 6.39. The van der Waals surface area contributed by atoms with Crippen LogP contribution in [-0.4, -0.2) is 22.2 Å². The molecule has 2 aromatic rings. The monoisotopic (exact) mass is 351 g/mol. The number of aromatic nitrogens is 2. The molecule has 7 heteroatoms. The van der Waals surface area contributed by atoms with Gasteiger partial charge in [-0.1, -0.05) is 23.2 Å². The number of rotatable bonds is 4. The minimum atomic E-state index is -0.309. The lowest BCUT2D eigenvalue weighted by Crippen LogP contribution is -2.09. The maximum atomic E-state index is 13.0. The third kappa shape index (κ3) is 3.05. The Labute approximate surface area is 144 Å². The van der Waals surface area contributed by atoms with Crippen molar-refractivity contribution in [3.05, 3.63) is 44.1 Å². The summed E-state index contributed by atoms with van der Waals surface area (Å²) in [5.41, 5.74) is 2.55. The van der Waals surface area contributed by atoms with E-state index in [1.165, 1.54) is 4.68 Å². The van der Waals surface area contributed by atoms with Gasteiger partial charge in [-0.3, -0.25) is 4.79 Å². The number of ketones is 1. The molecule has 0 bridgehead atoms. The zero-order valence-corrected chi connectivity index (χ0v) is 14.7. The van der Waals surface area contributed by atoms with E-state index in [4.69, 9.17) is 33.2 Å². The van der Waals surface area contributed by atoms with E-state index in [2.05, 4.69) is 5.10 Å². The Morgan fingerprint density at radius 3 is 2.61 bits per heavy atom. The Morgan fingerprint density at radius 1 is 1.35 bits per heavy atom. The highest BCUT2D eigenvalue weighted by Gasteiger charge is 2.26. The van der Waals surface area contributed by atoms with Gasteiger partial charge in [-0.2, -0.15) is 10.4 Å². The first kappa shape index (κ1) is 17.3. The van der Waals surface area contributed by atoms with Gasteiger partial charge >= 0.3 is 0 Å². The van der Waals surface area contributed by atoms with Gasteiger partial charge in [-0.05, 0) is 38.0 Å². The summed E-state index contributed by atoms with van der Waals surface area (Å²) in [5, 5.41) is 13.7. The van der Waals surface area contributed by atoms with Crippen LogP contribution < -0.4 is 4.74 Å². The van der Waals surface area contributed by atoms with Crippen LogP contribution in [-0.2, 0) is 7.05 Å². The SMILES string of the molecule is Cc1cc(C(=O)c2c(C)nn(C)c2OCC#N)c(Cl)c(C)c1Cl. The Bertz CT molecular complexity index is 835. The molecule has 0 unspecified atom stereocenters. The molecule has 0 radical (unpaired) electrons. The number of ether oxygens (including phenoxy) is 1. The normalized spacial score (nSPS) is 10.5. The summed E-state index contributed by atoms with van der Waals surface area (Å²) in [7, 11) is 1.65. The van der Waals surface area contributed by atoms with Gasteiger partial charge in [0.25, 0.3) is 0 Å². The number of halogens is 2. The number of carbonyl (C=O) groups is 1. The van der Waals surface area contributed by atoms with Gasteiger partial charge in [-0.25, -0.2) is 4.68 Å². The van der Waals surface area contributed by atoms with Crippen LogP contribution in [0.25, 0.3) is 0 Å². The fraction of sp³-hybridized carbons (Fsp3) is 0.312. The topological polar surface area (TPSA) is 67.9 Å². The third-order valence-corrected chi connectivity index (χ3v) is 4.59. The number of aryl methyl sites for hydroxylation is 3. The maximum absolute atomic E-state index is 13.0. The molecular formula is C16H15Cl2N3O2. The molecule has 23 heavy (non-hydrogen) atoms. The first-order valence-electron chi connectivity index (χ1n) is 6.82. The van der Waals surface area contributed by atoms with E-state index in [1.807, 2.05) is 13.0 Å². The second kappa shape index (κ2) is 6.61. The molecule has 0 saturated carbocycles. The minimum Gasteiger partial charge on any atom is -0.462 e. The standard InChI is InChI=1S/C16H15Cl2N3O2/c1-8-7-11(14(18)9(2)13(8)17)15(22)12-10(3)20-21(4)16(12)23-6-5-19/h7H,6H2,1-4H3. The zero-order chi connectivity index (χ0) is 17.3. The molecule has 2 rings (SSSR count). The van der Waals surface area contributed by atoms with Crippen molar-refractivity contribution in [2.24, 2.45) is 7.05 Å². The highest BCUT2D eigenvalue weighted by atomic mass is 35.5. The van der Waals surface area contributed by atoms with Crippen LogP contribution in [0.1, 0.15) is 32.7 Å². The predicted molar refractivity (Wildman–Crippen MR) is 88.4 cm³/mol. The summed E-state index contributed by atoms with van der Waals surface area (Å²) in [6, 6.07) is 3.53. The molecule has 0 fully saturated rings. The number of benzene rings is 1. The lowest BCUT2D eigenvalue weighted by Gasteiger charge is -2.11. The number of carbonyl (C=O) groups excluding carboxylic acids is 1. The quantitative estimate of drug-likeness (QED) is 0.786. The molecule has 0 amide bonds. The average molecular weight is 352 g/mol. The average Bonchev–Trinajstić information content (AvgIpc) is 2.79.